The number of fused-ring (bicyclic) bond motifs is 5. The van der Waals surface area contributed by atoms with Crippen LogP contribution < -0.4 is 0 Å². The molecule has 6 unspecified atom stereocenters. The van der Waals surface area contributed by atoms with Gasteiger partial charge in [-0.15, -0.1) is 0 Å². The summed E-state index contributed by atoms with van der Waals surface area (Å²) in [4.78, 5) is 71.9. The quantitative estimate of drug-likeness (QED) is 0.244. The number of hydrogen-bond donors (Lipinski definition) is 0. The van der Waals surface area contributed by atoms with Crippen molar-refractivity contribution < 1.29 is 42.9 Å². The Morgan fingerprint density at radius 1 is 0.955 bits per heavy atom. The lowest BCUT2D eigenvalue weighted by molar-refractivity contribution is -0.146. The zero-order valence-corrected chi connectivity index (χ0v) is 26.0. The number of Topliss-reactive ketones (excluding diaryl/α,β-unsaturated/α-hetero) is 4. The summed E-state index contributed by atoms with van der Waals surface area (Å²) in [6.45, 7) is 5.94. The van der Waals surface area contributed by atoms with Gasteiger partial charge in [-0.25, -0.2) is 4.79 Å². The Morgan fingerprint density at radius 2 is 1.55 bits per heavy atom. The van der Waals surface area contributed by atoms with Crippen molar-refractivity contribution in [2.24, 2.45) is 0 Å². The lowest BCUT2D eigenvalue weighted by atomic mass is 9.66. The third-order valence-electron chi connectivity index (χ3n) is 9.62. The number of nitriles is 1. The number of carbonyl (C=O) groups excluding carboxylic acids is 5. The van der Waals surface area contributed by atoms with Gasteiger partial charge in [0.2, 0.25) is 11.6 Å². The first kappa shape index (κ1) is 31.3. The van der Waals surface area contributed by atoms with Crippen molar-refractivity contribution in [3.05, 3.63) is 56.6 Å². The largest absolute Gasteiger partial charge is 0.492 e. The predicted octanol–water partition coefficient (Wildman–Crippen LogP) is 1.28. The van der Waals surface area contributed by atoms with Crippen LogP contribution in [0, 0.1) is 11.3 Å². The Balaban J connectivity index is 1.75. The molecule has 0 aromatic rings. The number of piperazine rings is 1. The molecular formula is C32H35N3O9. The maximum Gasteiger partial charge on any atom is 0.333 e. The third-order valence-corrected chi connectivity index (χ3v) is 9.62. The van der Waals surface area contributed by atoms with Crippen LogP contribution in [0.15, 0.2) is 56.6 Å². The van der Waals surface area contributed by atoms with Crippen LogP contribution in [0.1, 0.15) is 34.1 Å². The molecule has 2 aliphatic carbocycles. The highest BCUT2D eigenvalue weighted by Crippen LogP contribution is 2.49. The van der Waals surface area contributed by atoms with Gasteiger partial charge in [0.25, 0.3) is 0 Å². The van der Waals surface area contributed by atoms with E-state index in [-0.39, 0.29) is 58.0 Å². The van der Waals surface area contributed by atoms with E-state index < -0.39 is 65.4 Å². The summed E-state index contributed by atoms with van der Waals surface area (Å²) in [5, 5.41) is 10.7. The topological polar surface area (TPSA) is 153 Å². The predicted molar refractivity (Wildman–Crippen MR) is 153 cm³/mol. The van der Waals surface area contributed by atoms with E-state index >= 15 is 0 Å². The normalized spacial score (nSPS) is 31.1. The molecule has 1 fully saturated rings. The molecule has 12 heteroatoms. The highest BCUT2D eigenvalue weighted by atomic mass is 16.5. The second-order valence-electron chi connectivity index (χ2n) is 11.5. The lowest BCUT2D eigenvalue weighted by Gasteiger charge is -2.61. The number of carbonyl (C=O) groups is 5. The smallest absolute Gasteiger partial charge is 0.333 e. The number of methoxy groups -OCH3 is 3. The van der Waals surface area contributed by atoms with Crippen LogP contribution in [-0.2, 0) is 42.9 Å². The van der Waals surface area contributed by atoms with Crippen LogP contribution in [0.2, 0.25) is 0 Å². The summed E-state index contributed by atoms with van der Waals surface area (Å²) in [5.41, 5.74) is 1.24. The van der Waals surface area contributed by atoms with Gasteiger partial charge in [0.1, 0.15) is 18.8 Å². The van der Waals surface area contributed by atoms with Crippen LogP contribution >= 0.6 is 0 Å². The maximum absolute atomic E-state index is 14.0. The van der Waals surface area contributed by atoms with Crippen molar-refractivity contribution in [2.45, 2.75) is 70.4 Å². The molecule has 5 aliphatic rings. The summed E-state index contributed by atoms with van der Waals surface area (Å²) < 4.78 is 22.3. The number of rotatable bonds is 6. The average Bonchev–Trinajstić information content (AvgIpc) is 3.01. The molecule has 0 aromatic heterocycles. The molecule has 6 atom stereocenters. The number of ketones is 4. The molecule has 12 nitrogen and oxygen atoms in total. The monoisotopic (exact) mass is 605 g/mol. The Kier molecular flexibility index (Phi) is 8.09. The van der Waals surface area contributed by atoms with E-state index in [1.54, 1.807) is 31.9 Å². The van der Waals surface area contributed by atoms with E-state index in [1.165, 1.54) is 35.2 Å². The molecule has 1 saturated heterocycles. The first-order chi connectivity index (χ1) is 20.9. The van der Waals surface area contributed by atoms with E-state index in [0.29, 0.717) is 5.57 Å². The molecule has 3 aliphatic heterocycles. The van der Waals surface area contributed by atoms with E-state index in [2.05, 4.69) is 6.07 Å². The first-order valence-electron chi connectivity index (χ1n) is 14.3. The van der Waals surface area contributed by atoms with Gasteiger partial charge in [-0.1, -0.05) is 6.08 Å². The molecule has 44 heavy (non-hydrogen) atoms. The molecule has 0 N–H and O–H groups in total. The molecule has 0 radical (unpaired) electrons. The van der Waals surface area contributed by atoms with Gasteiger partial charge in [0.15, 0.2) is 23.1 Å². The number of likely N-dealkylation sites (N-methyl/N-ethyl adjacent to an activating group) is 1. The van der Waals surface area contributed by atoms with E-state index in [0.717, 1.165) is 0 Å². The highest BCUT2D eigenvalue weighted by Gasteiger charge is 2.62. The zero-order valence-electron chi connectivity index (χ0n) is 26.0. The zero-order chi connectivity index (χ0) is 32.4. The molecule has 0 aromatic carbocycles. The molecule has 0 amide bonds. The van der Waals surface area contributed by atoms with Crippen molar-refractivity contribution in [1.82, 2.24) is 9.80 Å². The van der Waals surface area contributed by atoms with Gasteiger partial charge in [0.05, 0.1) is 38.4 Å². The number of esters is 1. The summed E-state index contributed by atoms with van der Waals surface area (Å²) in [5.74, 6) is -2.65. The van der Waals surface area contributed by atoms with E-state index in [4.69, 9.17) is 18.9 Å². The second kappa shape index (κ2) is 11.4. The lowest BCUT2D eigenvalue weighted by Crippen LogP contribution is -2.77. The summed E-state index contributed by atoms with van der Waals surface area (Å²) in [7, 11) is 5.78. The molecule has 232 valence electrons. The van der Waals surface area contributed by atoms with Crippen molar-refractivity contribution >= 4 is 29.1 Å². The van der Waals surface area contributed by atoms with Gasteiger partial charge in [-0.05, 0) is 41.2 Å². The Morgan fingerprint density at radius 3 is 2.09 bits per heavy atom. The molecule has 0 saturated carbocycles. The Hall–Kier alpha value is -4.18. The molecule has 0 spiro atoms. The van der Waals surface area contributed by atoms with Crippen molar-refractivity contribution in [3.8, 4) is 6.07 Å². The minimum Gasteiger partial charge on any atom is -0.492 e. The van der Waals surface area contributed by atoms with Crippen molar-refractivity contribution in [2.75, 3.05) is 35.0 Å². The number of nitrogens with zero attached hydrogens (tertiary/aromatic N) is 3. The fraction of sp³-hybridized carbons (Fsp3) is 0.500. The standard InChI is InChI=1S/C32H35N3O9/c1-9-13(2)32(40)44-12-19-20-16(25(36)14(3)29(41-6)27(20)38)10-17-23-21-22(26(37)15(4)30(42-7)28(21)39)31(43-8)24(34(23)5)18(11-33)35(17)19/h9,17-19,23-24,31H,10,12H2,1-8H3. The fourth-order valence-electron chi connectivity index (χ4n) is 7.47. The SMILES string of the molecule is CC=C(C)C(=O)OCC1C2=C(CC3C4C5=C(C(=O)C(C)=C(OC)C5=O)C(OC)C(C(C#N)N13)N4C)C(=O)C(C)=C(OC)C2=O. The highest BCUT2D eigenvalue weighted by molar-refractivity contribution is 6.26. The third kappa shape index (κ3) is 4.17. The van der Waals surface area contributed by atoms with E-state index in [1.807, 2.05) is 4.90 Å². The van der Waals surface area contributed by atoms with Crippen LogP contribution in [-0.4, -0.2) is 110 Å². The van der Waals surface area contributed by atoms with Gasteiger partial charge in [-0.2, -0.15) is 5.26 Å². The average molecular weight is 606 g/mol. The second-order valence-corrected chi connectivity index (χ2v) is 11.5. The van der Waals surface area contributed by atoms with Crippen LogP contribution in [0.4, 0.5) is 0 Å². The molecule has 2 bridgehead atoms. The molecular weight excluding hydrogens is 570 g/mol. The van der Waals surface area contributed by atoms with Gasteiger partial charge < -0.3 is 18.9 Å². The van der Waals surface area contributed by atoms with Crippen LogP contribution in [0.5, 0.6) is 0 Å². The van der Waals surface area contributed by atoms with Crippen molar-refractivity contribution in [3.63, 3.8) is 0 Å². The number of ether oxygens (including phenoxy) is 4. The van der Waals surface area contributed by atoms with Gasteiger partial charge >= 0.3 is 5.97 Å². The van der Waals surface area contributed by atoms with Gasteiger partial charge in [-0.3, -0.25) is 29.0 Å². The number of allylic oxidation sites excluding steroid dienone is 5. The maximum atomic E-state index is 14.0. The molecule has 3 heterocycles. The van der Waals surface area contributed by atoms with E-state index in [9.17, 15) is 29.2 Å². The minimum atomic E-state index is -1.04. The van der Waals surface area contributed by atoms with Crippen molar-refractivity contribution in [1.29, 1.82) is 5.26 Å². The van der Waals surface area contributed by atoms with Crippen LogP contribution in [0.3, 0.4) is 0 Å². The molecule has 5 rings (SSSR count). The summed E-state index contributed by atoms with van der Waals surface area (Å²) in [6.07, 6.45) is 0.601. The Bertz CT molecular complexity index is 1600. The summed E-state index contributed by atoms with van der Waals surface area (Å²) in [6, 6.07) is -1.98. The number of hydrogen-bond acceptors (Lipinski definition) is 12. The minimum absolute atomic E-state index is 0.00655. The summed E-state index contributed by atoms with van der Waals surface area (Å²) >= 11 is 0. The van der Waals surface area contributed by atoms with Gasteiger partial charge in [0, 0.05) is 52.2 Å². The van der Waals surface area contributed by atoms with Crippen LogP contribution in [0.25, 0.3) is 0 Å². The Labute approximate surface area is 255 Å². The fourth-order valence-corrected chi connectivity index (χ4v) is 7.47. The first-order valence-corrected chi connectivity index (χ1v) is 14.3.